The molecule has 1 aliphatic rings. The van der Waals surface area contributed by atoms with E-state index in [1.807, 2.05) is 25.1 Å². The number of aryl methyl sites for hydroxylation is 1. The van der Waals surface area contributed by atoms with E-state index in [1.54, 1.807) is 0 Å². The van der Waals surface area contributed by atoms with E-state index in [2.05, 4.69) is 24.1 Å². The number of rotatable bonds is 4. The Morgan fingerprint density at radius 3 is 3.00 bits per heavy atom. The molecule has 0 spiro atoms. The Morgan fingerprint density at radius 2 is 2.28 bits per heavy atom. The van der Waals surface area contributed by atoms with Gasteiger partial charge in [-0.15, -0.1) is 0 Å². The topological polar surface area (TPSA) is 34.1 Å². The molecule has 2 rings (SSSR count). The fourth-order valence-electron chi connectivity index (χ4n) is 2.70. The van der Waals surface area contributed by atoms with Crippen molar-refractivity contribution in [3.8, 4) is 0 Å². The summed E-state index contributed by atoms with van der Waals surface area (Å²) < 4.78 is 5.90. The lowest BCUT2D eigenvalue weighted by molar-refractivity contribution is -0.0481. The van der Waals surface area contributed by atoms with E-state index >= 15 is 0 Å². The first kappa shape index (κ1) is 13.3. The van der Waals surface area contributed by atoms with Crippen LogP contribution in [0.3, 0.4) is 0 Å². The zero-order chi connectivity index (χ0) is 13.0. The van der Waals surface area contributed by atoms with Gasteiger partial charge in [0.2, 0.25) is 0 Å². The van der Waals surface area contributed by atoms with Crippen molar-refractivity contribution in [1.29, 1.82) is 0 Å². The molecule has 3 nitrogen and oxygen atoms in total. The molecule has 3 heteroatoms. The molecule has 1 N–H and O–H groups in total. The van der Waals surface area contributed by atoms with Gasteiger partial charge in [-0.2, -0.15) is 0 Å². The standard InChI is InChI=1S/C15H24N2O/c1-11(2)15-13(7-5-9-18-15)10-16-14-8-4-6-12(3)17-14/h4,6,8,11,13,15H,5,7,9-10H2,1-3H3,(H,16,17). The van der Waals surface area contributed by atoms with Gasteiger partial charge < -0.3 is 10.1 Å². The minimum Gasteiger partial charge on any atom is -0.378 e. The van der Waals surface area contributed by atoms with Crippen molar-refractivity contribution in [1.82, 2.24) is 4.98 Å². The Hall–Kier alpha value is -1.09. The number of aromatic nitrogens is 1. The van der Waals surface area contributed by atoms with Gasteiger partial charge in [0.15, 0.2) is 0 Å². The maximum Gasteiger partial charge on any atom is 0.126 e. The SMILES string of the molecule is Cc1cccc(NCC2CCCOC2C(C)C)n1. The van der Waals surface area contributed by atoms with Crippen molar-refractivity contribution in [2.24, 2.45) is 11.8 Å². The van der Waals surface area contributed by atoms with E-state index in [1.165, 1.54) is 12.8 Å². The van der Waals surface area contributed by atoms with Gasteiger partial charge in [-0.25, -0.2) is 4.98 Å². The third-order valence-electron chi connectivity index (χ3n) is 3.58. The fraction of sp³-hybridized carbons (Fsp3) is 0.667. The van der Waals surface area contributed by atoms with E-state index < -0.39 is 0 Å². The number of anilines is 1. The van der Waals surface area contributed by atoms with Crippen molar-refractivity contribution >= 4 is 5.82 Å². The summed E-state index contributed by atoms with van der Waals surface area (Å²) in [5.41, 5.74) is 1.06. The molecule has 0 aromatic carbocycles. The lowest BCUT2D eigenvalue weighted by atomic mass is 9.87. The van der Waals surface area contributed by atoms with E-state index in [4.69, 9.17) is 4.74 Å². The van der Waals surface area contributed by atoms with Crippen LogP contribution in [0.25, 0.3) is 0 Å². The van der Waals surface area contributed by atoms with Crippen LogP contribution in [0.1, 0.15) is 32.4 Å². The molecule has 0 amide bonds. The Bertz CT molecular complexity index is 379. The van der Waals surface area contributed by atoms with Gasteiger partial charge in [0.1, 0.15) is 5.82 Å². The Balaban J connectivity index is 1.91. The van der Waals surface area contributed by atoms with E-state index in [9.17, 15) is 0 Å². The first-order valence-electron chi connectivity index (χ1n) is 6.96. The van der Waals surface area contributed by atoms with E-state index in [0.717, 1.165) is 24.7 Å². The smallest absolute Gasteiger partial charge is 0.126 e. The van der Waals surface area contributed by atoms with Gasteiger partial charge in [0.25, 0.3) is 0 Å². The summed E-state index contributed by atoms with van der Waals surface area (Å²) in [6, 6.07) is 6.09. The Labute approximate surface area is 110 Å². The third kappa shape index (κ3) is 3.45. The summed E-state index contributed by atoms with van der Waals surface area (Å²) >= 11 is 0. The van der Waals surface area contributed by atoms with Crippen LogP contribution in [-0.2, 0) is 4.74 Å². The van der Waals surface area contributed by atoms with E-state index in [0.29, 0.717) is 17.9 Å². The van der Waals surface area contributed by atoms with Gasteiger partial charge in [0.05, 0.1) is 6.10 Å². The zero-order valence-corrected chi connectivity index (χ0v) is 11.6. The van der Waals surface area contributed by atoms with Gasteiger partial charge in [-0.1, -0.05) is 19.9 Å². The minimum atomic E-state index is 0.385. The second-order valence-electron chi connectivity index (χ2n) is 5.53. The highest BCUT2D eigenvalue weighted by atomic mass is 16.5. The lowest BCUT2D eigenvalue weighted by Crippen LogP contribution is -2.37. The molecule has 0 saturated carbocycles. The minimum absolute atomic E-state index is 0.385. The second-order valence-corrected chi connectivity index (χ2v) is 5.53. The number of hydrogen-bond acceptors (Lipinski definition) is 3. The molecule has 2 unspecified atom stereocenters. The summed E-state index contributed by atoms with van der Waals surface area (Å²) in [5.74, 6) is 2.16. The maximum atomic E-state index is 5.90. The molecular weight excluding hydrogens is 224 g/mol. The quantitative estimate of drug-likeness (QED) is 0.888. The van der Waals surface area contributed by atoms with Gasteiger partial charge >= 0.3 is 0 Å². The maximum absolute atomic E-state index is 5.90. The van der Waals surface area contributed by atoms with Crippen molar-refractivity contribution in [3.63, 3.8) is 0 Å². The molecule has 2 heterocycles. The number of pyridine rings is 1. The van der Waals surface area contributed by atoms with Crippen LogP contribution in [0.5, 0.6) is 0 Å². The molecule has 1 aliphatic heterocycles. The third-order valence-corrected chi connectivity index (χ3v) is 3.58. The number of hydrogen-bond donors (Lipinski definition) is 1. The number of ether oxygens (including phenoxy) is 1. The molecule has 0 bridgehead atoms. The summed E-state index contributed by atoms with van der Waals surface area (Å²) in [4.78, 5) is 4.48. The van der Waals surface area contributed by atoms with Crippen LogP contribution in [0.15, 0.2) is 18.2 Å². The van der Waals surface area contributed by atoms with Crippen molar-refractivity contribution in [3.05, 3.63) is 23.9 Å². The van der Waals surface area contributed by atoms with Crippen LogP contribution >= 0.6 is 0 Å². The molecule has 1 fully saturated rings. The first-order valence-corrected chi connectivity index (χ1v) is 6.96. The predicted octanol–water partition coefficient (Wildman–Crippen LogP) is 3.25. The average Bonchev–Trinajstić information content (AvgIpc) is 2.37. The summed E-state index contributed by atoms with van der Waals surface area (Å²) in [6.07, 6.45) is 2.81. The Kier molecular flexibility index (Phi) is 4.59. The predicted molar refractivity (Wildman–Crippen MR) is 74.8 cm³/mol. The molecule has 0 aliphatic carbocycles. The highest BCUT2D eigenvalue weighted by molar-refractivity contribution is 5.35. The number of nitrogens with zero attached hydrogens (tertiary/aromatic N) is 1. The molecule has 100 valence electrons. The fourth-order valence-corrected chi connectivity index (χ4v) is 2.70. The van der Waals surface area contributed by atoms with Crippen LogP contribution in [0.2, 0.25) is 0 Å². The normalized spacial score (nSPS) is 24.2. The summed E-state index contributed by atoms with van der Waals surface area (Å²) in [6.45, 7) is 8.38. The molecule has 18 heavy (non-hydrogen) atoms. The van der Waals surface area contributed by atoms with Crippen molar-refractivity contribution in [2.75, 3.05) is 18.5 Å². The van der Waals surface area contributed by atoms with E-state index in [-0.39, 0.29) is 0 Å². The van der Waals surface area contributed by atoms with Gasteiger partial charge in [-0.05, 0) is 37.8 Å². The van der Waals surface area contributed by atoms with Crippen molar-refractivity contribution in [2.45, 2.75) is 39.7 Å². The van der Waals surface area contributed by atoms with Gasteiger partial charge in [0, 0.05) is 24.8 Å². The van der Waals surface area contributed by atoms with Crippen LogP contribution in [0, 0.1) is 18.8 Å². The number of nitrogens with one attached hydrogen (secondary N) is 1. The van der Waals surface area contributed by atoms with Crippen LogP contribution in [0.4, 0.5) is 5.82 Å². The molecule has 2 atom stereocenters. The zero-order valence-electron chi connectivity index (χ0n) is 11.6. The molecule has 1 aromatic heterocycles. The summed E-state index contributed by atoms with van der Waals surface area (Å²) in [5, 5.41) is 3.45. The highest BCUT2D eigenvalue weighted by Gasteiger charge is 2.28. The highest BCUT2D eigenvalue weighted by Crippen LogP contribution is 2.26. The average molecular weight is 248 g/mol. The van der Waals surface area contributed by atoms with Gasteiger partial charge in [-0.3, -0.25) is 0 Å². The Morgan fingerprint density at radius 1 is 1.44 bits per heavy atom. The molecular formula is C15H24N2O. The summed E-state index contributed by atoms with van der Waals surface area (Å²) in [7, 11) is 0. The lowest BCUT2D eigenvalue weighted by Gasteiger charge is -2.34. The largest absolute Gasteiger partial charge is 0.378 e. The molecule has 1 saturated heterocycles. The first-order chi connectivity index (χ1) is 8.66. The van der Waals surface area contributed by atoms with Crippen molar-refractivity contribution < 1.29 is 4.74 Å². The monoisotopic (exact) mass is 248 g/mol. The molecule has 0 radical (unpaired) electrons. The van der Waals surface area contributed by atoms with Crippen LogP contribution in [-0.4, -0.2) is 24.2 Å². The van der Waals surface area contributed by atoms with Crippen LogP contribution < -0.4 is 5.32 Å². The molecule has 1 aromatic rings. The second kappa shape index (κ2) is 6.19.